The number of anilines is 1. The molecule has 4 aliphatic rings. The zero-order valence-electron chi connectivity index (χ0n) is 17.2. The van der Waals surface area contributed by atoms with Gasteiger partial charge in [-0.1, -0.05) is 0 Å². The predicted molar refractivity (Wildman–Crippen MR) is 120 cm³/mol. The van der Waals surface area contributed by atoms with Gasteiger partial charge in [0.25, 0.3) is 0 Å². The summed E-state index contributed by atoms with van der Waals surface area (Å²) in [7, 11) is 0. The second-order valence-corrected chi connectivity index (χ2v) is 8.09. The number of hydrogen-bond acceptors (Lipinski definition) is 8. The Kier molecular flexibility index (Phi) is 5.76. The van der Waals surface area contributed by atoms with Crippen molar-refractivity contribution in [3.8, 4) is 0 Å². The normalized spacial score (nSPS) is 26.1. The van der Waals surface area contributed by atoms with E-state index < -0.39 is 0 Å². The first kappa shape index (κ1) is 19.3. The van der Waals surface area contributed by atoms with E-state index in [0.29, 0.717) is 5.92 Å². The third kappa shape index (κ3) is 4.24. The summed E-state index contributed by atoms with van der Waals surface area (Å²) in [4.78, 5) is 16.5. The van der Waals surface area contributed by atoms with Gasteiger partial charge in [-0.15, -0.1) is 0 Å². The highest BCUT2D eigenvalue weighted by atomic mass is 16.5. The molecule has 5 rings (SSSR count). The van der Waals surface area contributed by atoms with Gasteiger partial charge in [-0.05, 0) is 50.1 Å². The van der Waals surface area contributed by atoms with E-state index in [-0.39, 0.29) is 6.04 Å². The molecule has 0 bridgehead atoms. The van der Waals surface area contributed by atoms with Crippen LogP contribution < -0.4 is 20.9 Å². The second-order valence-electron chi connectivity index (χ2n) is 8.09. The van der Waals surface area contributed by atoms with Crippen molar-refractivity contribution in [3.63, 3.8) is 0 Å². The summed E-state index contributed by atoms with van der Waals surface area (Å²) in [5, 5.41) is 10.5. The van der Waals surface area contributed by atoms with Gasteiger partial charge in [-0.3, -0.25) is 4.99 Å². The smallest absolute Gasteiger partial charge is 0.131 e. The quantitative estimate of drug-likeness (QED) is 0.694. The molecule has 0 saturated carbocycles. The fourth-order valence-corrected chi connectivity index (χ4v) is 4.28. The van der Waals surface area contributed by atoms with Crippen molar-refractivity contribution in [2.45, 2.75) is 18.9 Å². The molecule has 30 heavy (non-hydrogen) atoms. The van der Waals surface area contributed by atoms with Crippen LogP contribution in [-0.4, -0.2) is 68.5 Å². The summed E-state index contributed by atoms with van der Waals surface area (Å²) in [5.41, 5.74) is 2.87. The highest BCUT2D eigenvalue weighted by molar-refractivity contribution is 6.21. The number of pyridine rings is 1. The van der Waals surface area contributed by atoms with E-state index >= 15 is 0 Å². The topological polar surface area (TPSA) is 86.2 Å². The van der Waals surface area contributed by atoms with Crippen molar-refractivity contribution in [1.29, 1.82) is 0 Å². The average molecular weight is 408 g/mol. The molecule has 1 aromatic rings. The monoisotopic (exact) mass is 407 g/mol. The number of rotatable bonds is 4. The van der Waals surface area contributed by atoms with E-state index in [1.54, 1.807) is 6.20 Å². The van der Waals surface area contributed by atoms with Crippen LogP contribution in [0.5, 0.6) is 0 Å². The molecule has 4 aliphatic heterocycles. The third-order valence-electron chi connectivity index (χ3n) is 6.01. The van der Waals surface area contributed by atoms with Crippen LogP contribution in [0.3, 0.4) is 0 Å². The Hall–Kier alpha value is -2.71. The minimum Gasteiger partial charge on any atom is -0.378 e. The van der Waals surface area contributed by atoms with Crippen molar-refractivity contribution < 1.29 is 4.74 Å². The van der Waals surface area contributed by atoms with Gasteiger partial charge in [0.05, 0.1) is 24.6 Å². The number of ether oxygens (including phenoxy) is 1. The minimum absolute atomic E-state index is 0.0177. The first-order valence-corrected chi connectivity index (χ1v) is 10.9. The van der Waals surface area contributed by atoms with Crippen molar-refractivity contribution in [2.75, 3.05) is 50.8 Å². The summed E-state index contributed by atoms with van der Waals surface area (Å²) < 4.78 is 5.44. The standard InChI is InChI=1S/C22H29N7O/c1-2-16(13-23-5-1)14-27-22-21-19(24-6-7-25-21)12-18(28-22)17-3-4-20(26-15-17)29-8-10-30-11-9-29/h3-4,6-7,12,15-16,21,23,25H,1-2,5,8-11,13-14H2,(H,27,28)/t16-,21?/m0/s1. The fourth-order valence-electron chi connectivity index (χ4n) is 4.28. The Bertz CT molecular complexity index is 862. The fraction of sp³-hybridized carbons (Fsp3) is 0.500. The summed E-state index contributed by atoms with van der Waals surface area (Å²) in [6, 6.07) is 4.16. The van der Waals surface area contributed by atoms with Crippen LogP contribution in [0, 0.1) is 5.92 Å². The van der Waals surface area contributed by atoms with Gasteiger partial charge in [-0.25, -0.2) is 9.98 Å². The highest BCUT2D eigenvalue weighted by Gasteiger charge is 2.27. The number of morpholine rings is 1. The zero-order valence-corrected chi connectivity index (χ0v) is 17.2. The molecule has 5 heterocycles. The largest absolute Gasteiger partial charge is 0.378 e. The van der Waals surface area contributed by atoms with Crippen LogP contribution in [0.15, 0.2) is 46.8 Å². The second kappa shape index (κ2) is 8.97. The van der Waals surface area contributed by atoms with Gasteiger partial charge in [0.1, 0.15) is 17.7 Å². The molecule has 158 valence electrons. The molecule has 3 N–H and O–H groups in total. The summed E-state index contributed by atoms with van der Waals surface area (Å²) in [5.74, 6) is 2.55. The Labute approximate surface area is 177 Å². The number of hydrogen-bond donors (Lipinski definition) is 3. The Morgan fingerprint density at radius 3 is 2.97 bits per heavy atom. The number of aromatic nitrogens is 1. The molecule has 2 atom stereocenters. The van der Waals surface area contributed by atoms with Crippen molar-refractivity contribution in [1.82, 2.24) is 20.9 Å². The Balaban J connectivity index is 1.34. The lowest BCUT2D eigenvalue weighted by Crippen LogP contribution is -2.51. The number of aliphatic imine (C=N–C) groups is 2. The van der Waals surface area contributed by atoms with Crippen LogP contribution in [0.2, 0.25) is 0 Å². The van der Waals surface area contributed by atoms with Gasteiger partial charge in [0.2, 0.25) is 0 Å². The summed E-state index contributed by atoms with van der Waals surface area (Å²) in [6.45, 7) is 6.39. The maximum absolute atomic E-state index is 5.44. The number of nitrogens with one attached hydrogen (secondary N) is 3. The number of piperidine rings is 1. The molecule has 0 spiro atoms. The number of amidine groups is 1. The van der Waals surface area contributed by atoms with E-state index in [1.807, 2.05) is 12.4 Å². The van der Waals surface area contributed by atoms with Gasteiger partial charge < -0.3 is 25.6 Å². The molecule has 8 heteroatoms. The molecular weight excluding hydrogens is 378 g/mol. The summed E-state index contributed by atoms with van der Waals surface area (Å²) in [6.07, 6.45) is 10.1. The van der Waals surface area contributed by atoms with Crippen molar-refractivity contribution >= 4 is 23.1 Å². The maximum atomic E-state index is 5.44. The van der Waals surface area contributed by atoms with Gasteiger partial charge in [0, 0.05) is 43.8 Å². The van der Waals surface area contributed by atoms with Gasteiger partial charge in [0.15, 0.2) is 0 Å². The molecular formula is C22H29N7O. The van der Waals surface area contributed by atoms with E-state index in [9.17, 15) is 0 Å². The Morgan fingerprint density at radius 1 is 1.23 bits per heavy atom. The van der Waals surface area contributed by atoms with Crippen LogP contribution in [0.25, 0.3) is 5.70 Å². The lowest BCUT2D eigenvalue weighted by Gasteiger charge is -2.30. The lowest BCUT2D eigenvalue weighted by atomic mass is 9.98. The molecule has 0 amide bonds. The zero-order chi connectivity index (χ0) is 20.2. The third-order valence-corrected chi connectivity index (χ3v) is 6.01. The number of nitrogens with zero attached hydrogens (tertiary/aromatic N) is 4. The maximum Gasteiger partial charge on any atom is 0.131 e. The average Bonchev–Trinajstić information content (AvgIpc) is 2.84. The summed E-state index contributed by atoms with van der Waals surface area (Å²) >= 11 is 0. The highest BCUT2D eigenvalue weighted by Crippen LogP contribution is 2.23. The van der Waals surface area contributed by atoms with E-state index in [2.05, 4.69) is 49.0 Å². The number of fused-ring (bicyclic) bond motifs is 1. The van der Waals surface area contributed by atoms with E-state index in [0.717, 1.165) is 74.6 Å². The lowest BCUT2D eigenvalue weighted by molar-refractivity contribution is 0.122. The minimum atomic E-state index is -0.0177. The van der Waals surface area contributed by atoms with E-state index in [1.165, 1.54) is 12.8 Å². The van der Waals surface area contributed by atoms with Crippen LogP contribution >= 0.6 is 0 Å². The van der Waals surface area contributed by atoms with Crippen LogP contribution in [-0.2, 0) is 4.74 Å². The van der Waals surface area contributed by atoms with Crippen molar-refractivity contribution in [2.24, 2.45) is 15.9 Å². The Morgan fingerprint density at radius 2 is 2.17 bits per heavy atom. The molecule has 0 aromatic carbocycles. The van der Waals surface area contributed by atoms with Crippen molar-refractivity contribution in [3.05, 3.63) is 42.4 Å². The molecule has 2 saturated heterocycles. The van der Waals surface area contributed by atoms with E-state index in [4.69, 9.17) is 9.73 Å². The first-order valence-electron chi connectivity index (χ1n) is 10.9. The molecule has 0 radical (unpaired) electrons. The molecule has 1 unspecified atom stereocenters. The first-order chi connectivity index (χ1) is 14.9. The predicted octanol–water partition coefficient (Wildman–Crippen LogP) is 1.14. The van der Waals surface area contributed by atoms with Gasteiger partial charge in [-0.2, -0.15) is 0 Å². The van der Waals surface area contributed by atoms with Gasteiger partial charge >= 0.3 is 0 Å². The SMILES string of the molecule is C1=CNC2C(=N1)C=C(c1ccc(N3CCOCC3)nc1)N=C2NC[C@H]1CCCNC1. The molecule has 1 aromatic heterocycles. The molecule has 0 aliphatic carbocycles. The molecule has 8 nitrogen and oxygen atoms in total. The molecule has 2 fully saturated rings. The van der Waals surface area contributed by atoms with Crippen LogP contribution in [0.4, 0.5) is 5.82 Å². The van der Waals surface area contributed by atoms with Crippen LogP contribution in [0.1, 0.15) is 18.4 Å².